The molecule has 3 N–H and O–H groups in total. The van der Waals surface area contributed by atoms with Crippen molar-refractivity contribution in [1.82, 2.24) is 0 Å². The van der Waals surface area contributed by atoms with Crippen molar-refractivity contribution >= 4 is 11.6 Å². The molecule has 1 rings (SSSR count). The highest BCUT2D eigenvalue weighted by atomic mass is 16.5. The van der Waals surface area contributed by atoms with Crippen molar-refractivity contribution < 1.29 is 14.3 Å². The van der Waals surface area contributed by atoms with Gasteiger partial charge in [0.1, 0.15) is 0 Å². The minimum absolute atomic E-state index is 0.0691. The second-order valence-electron chi connectivity index (χ2n) is 4.35. The summed E-state index contributed by atoms with van der Waals surface area (Å²) in [5.41, 5.74) is 7.20. The molecular formula is C14H22N2O3. The Kier molecular flexibility index (Phi) is 5.63. The summed E-state index contributed by atoms with van der Waals surface area (Å²) in [5, 5.41) is 2.88. The van der Waals surface area contributed by atoms with Crippen LogP contribution >= 0.6 is 0 Å². The molecule has 0 spiro atoms. The molecule has 0 aromatic heterocycles. The Morgan fingerprint density at radius 1 is 1.32 bits per heavy atom. The standard InChI is InChI=1S/C14H22N2O3/c1-5-10(8-15)14(17)16-11-7-13(19-4)12(18-3)6-9(11)2/h6-7,10H,5,8,15H2,1-4H3,(H,16,17). The second-order valence-corrected chi connectivity index (χ2v) is 4.35. The first-order chi connectivity index (χ1) is 9.07. The van der Waals surface area contributed by atoms with Gasteiger partial charge in [0.05, 0.1) is 20.1 Å². The van der Waals surface area contributed by atoms with Gasteiger partial charge in [-0.2, -0.15) is 0 Å². The lowest BCUT2D eigenvalue weighted by atomic mass is 10.1. The van der Waals surface area contributed by atoms with E-state index in [4.69, 9.17) is 15.2 Å². The molecule has 0 bridgehead atoms. The van der Waals surface area contributed by atoms with Crippen LogP contribution in [-0.4, -0.2) is 26.7 Å². The maximum atomic E-state index is 12.0. The number of nitrogens with one attached hydrogen (secondary N) is 1. The highest BCUT2D eigenvalue weighted by molar-refractivity contribution is 5.93. The monoisotopic (exact) mass is 266 g/mol. The lowest BCUT2D eigenvalue weighted by Crippen LogP contribution is -2.28. The summed E-state index contributed by atoms with van der Waals surface area (Å²) >= 11 is 0. The number of rotatable bonds is 6. The summed E-state index contributed by atoms with van der Waals surface area (Å²) in [6.07, 6.45) is 0.717. The smallest absolute Gasteiger partial charge is 0.228 e. The fourth-order valence-electron chi connectivity index (χ4n) is 1.81. The summed E-state index contributed by atoms with van der Waals surface area (Å²) in [6, 6.07) is 3.59. The van der Waals surface area contributed by atoms with Crippen LogP contribution in [0.3, 0.4) is 0 Å². The Labute approximate surface area is 114 Å². The second kappa shape index (κ2) is 6.99. The summed E-state index contributed by atoms with van der Waals surface area (Å²) in [5.74, 6) is 0.987. The molecule has 106 valence electrons. The molecule has 1 aromatic rings. The van der Waals surface area contributed by atoms with Crippen molar-refractivity contribution in [3.63, 3.8) is 0 Å². The molecule has 0 aliphatic rings. The van der Waals surface area contributed by atoms with Gasteiger partial charge in [0.15, 0.2) is 11.5 Å². The summed E-state index contributed by atoms with van der Waals surface area (Å²) in [7, 11) is 3.14. The Morgan fingerprint density at radius 2 is 1.89 bits per heavy atom. The number of hydrogen-bond donors (Lipinski definition) is 2. The van der Waals surface area contributed by atoms with E-state index in [0.717, 1.165) is 11.3 Å². The van der Waals surface area contributed by atoms with Crippen LogP contribution in [0.4, 0.5) is 5.69 Å². The molecular weight excluding hydrogens is 244 g/mol. The highest BCUT2D eigenvalue weighted by Crippen LogP contribution is 2.33. The van der Waals surface area contributed by atoms with Crippen LogP contribution in [0.15, 0.2) is 12.1 Å². The number of amides is 1. The SMILES string of the molecule is CCC(CN)C(=O)Nc1cc(OC)c(OC)cc1C. The average molecular weight is 266 g/mol. The van der Waals surface area contributed by atoms with Crippen LogP contribution in [0, 0.1) is 12.8 Å². The Bertz CT molecular complexity index is 443. The van der Waals surface area contributed by atoms with Crippen molar-refractivity contribution in [2.24, 2.45) is 11.7 Å². The largest absolute Gasteiger partial charge is 0.493 e. The van der Waals surface area contributed by atoms with E-state index in [-0.39, 0.29) is 11.8 Å². The van der Waals surface area contributed by atoms with Gasteiger partial charge in [-0.15, -0.1) is 0 Å². The number of anilines is 1. The van der Waals surface area contributed by atoms with Gasteiger partial charge >= 0.3 is 0 Å². The van der Waals surface area contributed by atoms with E-state index in [0.29, 0.717) is 24.5 Å². The van der Waals surface area contributed by atoms with Gasteiger partial charge in [-0.3, -0.25) is 4.79 Å². The van der Waals surface area contributed by atoms with Crippen LogP contribution in [-0.2, 0) is 4.79 Å². The van der Waals surface area contributed by atoms with E-state index in [2.05, 4.69) is 5.32 Å². The van der Waals surface area contributed by atoms with Gasteiger partial charge < -0.3 is 20.5 Å². The third-order valence-electron chi connectivity index (χ3n) is 3.14. The Morgan fingerprint density at radius 3 is 2.37 bits per heavy atom. The molecule has 1 aromatic carbocycles. The zero-order valence-corrected chi connectivity index (χ0v) is 11.9. The van der Waals surface area contributed by atoms with Crippen molar-refractivity contribution in [1.29, 1.82) is 0 Å². The quantitative estimate of drug-likeness (QED) is 0.825. The first kappa shape index (κ1) is 15.3. The number of benzene rings is 1. The maximum Gasteiger partial charge on any atom is 0.228 e. The molecule has 0 aliphatic heterocycles. The van der Waals surface area contributed by atoms with Gasteiger partial charge in [-0.1, -0.05) is 6.92 Å². The summed E-state index contributed by atoms with van der Waals surface area (Å²) in [4.78, 5) is 12.0. The molecule has 19 heavy (non-hydrogen) atoms. The number of carbonyl (C=O) groups excluding carboxylic acids is 1. The van der Waals surface area contributed by atoms with Gasteiger partial charge in [-0.05, 0) is 25.0 Å². The number of carbonyl (C=O) groups is 1. The van der Waals surface area contributed by atoms with Crippen LogP contribution in [0.2, 0.25) is 0 Å². The van der Waals surface area contributed by atoms with Gasteiger partial charge in [0.25, 0.3) is 0 Å². The molecule has 0 saturated heterocycles. The van der Waals surface area contributed by atoms with Crippen LogP contribution in [0.1, 0.15) is 18.9 Å². The molecule has 1 amide bonds. The predicted molar refractivity (Wildman–Crippen MR) is 75.7 cm³/mol. The summed E-state index contributed by atoms with van der Waals surface area (Å²) in [6.45, 7) is 4.19. The lowest BCUT2D eigenvalue weighted by Gasteiger charge is -2.16. The van der Waals surface area contributed by atoms with Crippen molar-refractivity contribution in [3.05, 3.63) is 17.7 Å². The number of hydrogen-bond acceptors (Lipinski definition) is 4. The third kappa shape index (κ3) is 3.61. The molecule has 0 saturated carbocycles. The number of methoxy groups -OCH3 is 2. The summed E-state index contributed by atoms with van der Waals surface area (Å²) < 4.78 is 10.4. The van der Waals surface area contributed by atoms with E-state index in [1.165, 1.54) is 0 Å². The fourth-order valence-corrected chi connectivity index (χ4v) is 1.81. The molecule has 0 radical (unpaired) electrons. The first-order valence-electron chi connectivity index (χ1n) is 6.30. The van der Waals surface area contributed by atoms with E-state index < -0.39 is 0 Å². The van der Waals surface area contributed by atoms with E-state index >= 15 is 0 Å². The molecule has 1 atom stereocenters. The Hall–Kier alpha value is -1.75. The molecule has 1 unspecified atom stereocenters. The third-order valence-corrected chi connectivity index (χ3v) is 3.14. The first-order valence-corrected chi connectivity index (χ1v) is 6.30. The van der Waals surface area contributed by atoms with E-state index in [9.17, 15) is 4.79 Å². The minimum Gasteiger partial charge on any atom is -0.493 e. The predicted octanol–water partition coefficient (Wildman–Crippen LogP) is 1.94. The average Bonchev–Trinajstić information content (AvgIpc) is 2.41. The fraction of sp³-hybridized carbons (Fsp3) is 0.500. The van der Waals surface area contributed by atoms with Crippen LogP contribution in [0.25, 0.3) is 0 Å². The Balaban J connectivity index is 2.98. The van der Waals surface area contributed by atoms with Crippen molar-refractivity contribution in [3.8, 4) is 11.5 Å². The van der Waals surface area contributed by atoms with Gasteiger partial charge in [0, 0.05) is 18.3 Å². The number of nitrogens with two attached hydrogens (primary N) is 1. The van der Waals surface area contributed by atoms with E-state index in [1.54, 1.807) is 20.3 Å². The van der Waals surface area contributed by atoms with E-state index in [1.807, 2.05) is 19.9 Å². The van der Waals surface area contributed by atoms with Gasteiger partial charge in [-0.25, -0.2) is 0 Å². The lowest BCUT2D eigenvalue weighted by molar-refractivity contribution is -0.119. The molecule has 0 fully saturated rings. The highest BCUT2D eigenvalue weighted by Gasteiger charge is 2.16. The normalized spacial score (nSPS) is 11.8. The van der Waals surface area contributed by atoms with Crippen molar-refractivity contribution in [2.75, 3.05) is 26.1 Å². The number of ether oxygens (including phenoxy) is 2. The minimum atomic E-state index is -0.174. The topological polar surface area (TPSA) is 73.6 Å². The van der Waals surface area contributed by atoms with Crippen LogP contribution in [0.5, 0.6) is 11.5 Å². The van der Waals surface area contributed by atoms with Crippen LogP contribution < -0.4 is 20.5 Å². The zero-order chi connectivity index (χ0) is 14.4. The molecule has 0 aliphatic carbocycles. The maximum absolute atomic E-state index is 12.0. The number of aryl methyl sites for hydroxylation is 1. The van der Waals surface area contributed by atoms with Crippen molar-refractivity contribution in [2.45, 2.75) is 20.3 Å². The molecule has 0 heterocycles. The molecule has 5 heteroatoms. The van der Waals surface area contributed by atoms with Gasteiger partial charge in [0.2, 0.25) is 5.91 Å². The zero-order valence-electron chi connectivity index (χ0n) is 11.9. The molecule has 5 nitrogen and oxygen atoms in total.